The second-order valence-corrected chi connectivity index (χ2v) is 6.96. The highest BCUT2D eigenvalue weighted by molar-refractivity contribution is 7.09. The molecule has 1 fully saturated rings. The van der Waals surface area contributed by atoms with Crippen molar-refractivity contribution in [2.75, 3.05) is 42.9 Å². The minimum Gasteiger partial charge on any atom is -0.360 e. The second-order valence-electron chi connectivity index (χ2n) is 6.21. The Bertz CT molecular complexity index is 683. The summed E-state index contributed by atoms with van der Waals surface area (Å²) in [5.41, 5.74) is 0. The van der Waals surface area contributed by atoms with Gasteiger partial charge >= 0.3 is 0 Å². The van der Waals surface area contributed by atoms with Crippen molar-refractivity contribution in [2.24, 2.45) is 0 Å². The molecule has 1 N–H and O–H groups in total. The Balaban J connectivity index is 1.40. The molecule has 134 valence electrons. The van der Waals surface area contributed by atoms with Crippen molar-refractivity contribution in [3.05, 3.63) is 24.3 Å². The quantitative estimate of drug-likeness (QED) is 0.836. The van der Waals surface area contributed by atoms with E-state index in [1.807, 2.05) is 4.90 Å². The van der Waals surface area contributed by atoms with Gasteiger partial charge in [0.2, 0.25) is 17.0 Å². The molecule has 0 atom stereocenters. The lowest BCUT2D eigenvalue weighted by atomic mass is 10.2. The molecule has 0 spiro atoms. The number of hydrogen-bond donors (Lipinski definition) is 1. The number of aromatic nitrogens is 4. The van der Waals surface area contributed by atoms with Gasteiger partial charge in [0.25, 0.3) is 0 Å². The Morgan fingerprint density at radius 3 is 2.60 bits per heavy atom. The number of carbonyl (C=O) groups excluding carboxylic acids is 1. The second kappa shape index (κ2) is 8.19. The first-order chi connectivity index (χ1) is 12.1. The van der Waals surface area contributed by atoms with Crippen LogP contribution in [-0.2, 0) is 4.79 Å². The predicted molar refractivity (Wildman–Crippen MR) is 97.9 cm³/mol. The van der Waals surface area contributed by atoms with Crippen molar-refractivity contribution < 1.29 is 4.79 Å². The molecule has 0 aromatic carbocycles. The van der Waals surface area contributed by atoms with Gasteiger partial charge in [0.1, 0.15) is 5.82 Å². The van der Waals surface area contributed by atoms with Crippen LogP contribution in [-0.4, -0.2) is 62.9 Å². The molecule has 0 saturated carbocycles. The topological polar surface area (TPSA) is 87.1 Å². The summed E-state index contributed by atoms with van der Waals surface area (Å²) in [6.07, 6.45) is 3.94. The van der Waals surface area contributed by atoms with E-state index in [2.05, 4.69) is 43.4 Å². The number of piperazine rings is 1. The van der Waals surface area contributed by atoms with Gasteiger partial charge in [-0.2, -0.15) is 4.37 Å². The van der Waals surface area contributed by atoms with Crippen molar-refractivity contribution in [2.45, 2.75) is 26.2 Å². The number of amides is 1. The predicted octanol–water partition coefficient (Wildman–Crippen LogP) is 1.60. The first-order valence-electron chi connectivity index (χ1n) is 8.50. The van der Waals surface area contributed by atoms with Crippen molar-refractivity contribution in [1.29, 1.82) is 0 Å². The third kappa shape index (κ3) is 4.62. The van der Waals surface area contributed by atoms with Crippen molar-refractivity contribution in [3.63, 3.8) is 0 Å². The van der Waals surface area contributed by atoms with Crippen LogP contribution >= 0.6 is 11.5 Å². The highest BCUT2D eigenvalue weighted by atomic mass is 32.1. The first kappa shape index (κ1) is 17.5. The monoisotopic (exact) mass is 361 g/mol. The van der Waals surface area contributed by atoms with Crippen molar-refractivity contribution in [1.82, 2.24) is 24.2 Å². The average molecular weight is 361 g/mol. The zero-order chi connectivity index (χ0) is 17.6. The molecule has 1 amide bonds. The molecule has 2 aromatic heterocycles. The van der Waals surface area contributed by atoms with Gasteiger partial charge in [-0.15, -0.1) is 0 Å². The van der Waals surface area contributed by atoms with Gasteiger partial charge in [0.15, 0.2) is 0 Å². The van der Waals surface area contributed by atoms with Crippen LogP contribution in [0.2, 0.25) is 0 Å². The molecule has 0 bridgehead atoms. The molecule has 3 rings (SSSR count). The molecule has 3 heterocycles. The maximum atomic E-state index is 12.3. The summed E-state index contributed by atoms with van der Waals surface area (Å²) >= 11 is 1.35. The lowest BCUT2D eigenvalue weighted by molar-refractivity contribution is -0.131. The van der Waals surface area contributed by atoms with E-state index >= 15 is 0 Å². The Labute approximate surface area is 151 Å². The highest BCUT2D eigenvalue weighted by Gasteiger charge is 2.22. The molecule has 0 unspecified atom stereocenters. The van der Waals surface area contributed by atoms with E-state index in [0.29, 0.717) is 32.0 Å². The minimum absolute atomic E-state index is 0.162. The van der Waals surface area contributed by atoms with Gasteiger partial charge in [0, 0.05) is 69.0 Å². The highest BCUT2D eigenvalue weighted by Crippen LogP contribution is 2.17. The first-order valence-corrected chi connectivity index (χ1v) is 9.28. The summed E-state index contributed by atoms with van der Waals surface area (Å²) < 4.78 is 4.30. The summed E-state index contributed by atoms with van der Waals surface area (Å²) in [6.45, 7) is 7.63. The number of anilines is 2. The summed E-state index contributed by atoms with van der Waals surface area (Å²) in [5.74, 6) is 2.06. The van der Waals surface area contributed by atoms with Crippen LogP contribution in [0.15, 0.2) is 18.5 Å². The van der Waals surface area contributed by atoms with E-state index in [1.165, 1.54) is 11.5 Å². The molecule has 1 aliphatic heterocycles. The number of nitrogens with zero attached hydrogens (tertiary/aromatic N) is 6. The number of nitrogens with one attached hydrogen (secondary N) is 1. The van der Waals surface area contributed by atoms with Gasteiger partial charge in [0.05, 0.1) is 0 Å². The van der Waals surface area contributed by atoms with Gasteiger partial charge in [-0.3, -0.25) is 4.79 Å². The van der Waals surface area contributed by atoms with Crippen LogP contribution in [0.4, 0.5) is 11.1 Å². The van der Waals surface area contributed by atoms with Gasteiger partial charge in [-0.05, 0) is 6.07 Å². The standard InChI is InChI=1S/C16H23N7OS/c1-12(2)14-20-16(25-21-14)19-7-4-13(24)22-8-10-23(11-9-22)15-17-5-3-6-18-15/h3,5-6,12H,4,7-11H2,1-2H3,(H,19,20,21). The molecule has 1 aliphatic rings. The van der Waals surface area contributed by atoms with E-state index in [4.69, 9.17) is 0 Å². The molecule has 0 aliphatic carbocycles. The van der Waals surface area contributed by atoms with Crippen LogP contribution in [0.1, 0.15) is 32.0 Å². The number of carbonyl (C=O) groups is 1. The zero-order valence-electron chi connectivity index (χ0n) is 14.6. The SMILES string of the molecule is CC(C)c1nsc(NCCC(=O)N2CCN(c3ncccn3)CC2)n1. The van der Waals surface area contributed by atoms with Crippen LogP contribution in [0.3, 0.4) is 0 Å². The zero-order valence-corrected chi connectivity index (χ0v) is 15.4. The molecular weight excluding hydrogens is 338 g/mol. The Morgan fingerprint density at radius 1 is 1.24 bits per heavy atom. The Hall–Kier alpha value is -2.29. The molecule has 1 saturated heterocycles. The number of rotatable bonds is 6. The van der Waals surface area contributed by atoms with Gasteiger partial charge in [-0.1, -0.05) is 13.8 Å². The lowest BCUT2D eigenvalue weighted by Gasteiger charge is -2.34. The maximum Gasteiger partial charge on any atom is 0.225 e. The lowest BCUT2D eigenvalue weighted by Crippen LogP contribution is -2.49. The van der Waals surface area contributed by atoms with Crippen molar-refractivity contribution in [3.8, 4) is 0 Å². The molecule has 0 radical (unpaired) electrons. The largest absolute Gasteiger partial charge is 0.360 e. The van der Waals surface area contributed by atoms with Crippen LogP contribution in [0.25, 0.3) is 0 Å². The Kier molecular flexibility index (Phi) is 5.75. The minimum atomic E-state index is 0.162. The Morgan fingerprint density at radius 2 is 1.96 bits per heavy atom. The normalized spacial score (nSPS) is 14.8. The fourth-order valence-corrected chi connectivity index (χ4v) is 3.32. The van der Waals surface area contributed by atoms with Gasteiger partial charge in [-0.25, -0.2) is 15.0 Å². The average Bonchev–Trinajstić information content (AvgIpc) is 3.12. The van der Waals surface area contributed by atoms with E-state index in [-0.39, 0.29) is 5.91 Å². The smallest absolute Gasteiger partial charge is 0.225 e. The summed E-state index contributed by atoms with van der Waals surface area (Å²) in [4.78, 5) is 29.3. The summed E-state index contributed by atoms with van der Waals surface area (Å²) in [6, 6.07) is 1.80. The fraction of sp³-hybridized carbons (Fsp3) is 0.562. The molecule has 9 heteroatoms. The third-order valence-electron chi connectivity index (χ3n) is 4.04. The molecular formula is C16H23N7OS. The van der Waals surface area contributed by atoms with E-state index in [0.717, 1.165) is 30.0 Å². The van der Waals surface area contributed by atoms with E-state index in [9.17, 15) is 4.79 Å². The van der Waals surface area contributed by atoms with E-state index < -0.39 is 0 Å². The molecule has 8 nitrogen and oxygen atoms in total. The molecule has 2 aromatic rings. The van der Waals surface area contributed by atoms with Crippen LogP contribution < -0.4 is 10.2 Å². The fourth-order valence-electron chi connectivity index (χ4n) is 2.59. The number of hydrogen-bond acceptors (Lipinski definition) is 8. The van der Waals surface area contributed by atoms with Gasteiger partial charge < -0.3 is 15.1 Å². The van der Waals surface area contributed by atoms with Crippen molar-refractivity contribution >= 4 is 28.5 Å². The van der Waals surface area contributed by atoms with E-state index in [1.54, 1.807) is 18.5 Å². The summed E-state index contributed by atoms with van der Waals surface area (Å²) in [5, 5.41) is 3.97. The summed E-state index contributed by atoms with van der Waals surface area (Å²) in [7, 11) is 0. The van der Waals surface area contributed by atoms with Crippen LogP contribution in [0.5, 0.6) is 0 Å². The molecule has 25 heavy (non-hydrogen) atoms. The third-order valence-corrected chi connectivity index (χ3v) is 4.73. The maximum absolute atomic E-state index is 12.3. The van der Waals surface area contributed by atoms with Crippen LogP contribution in [0, 0.1) is 0 Å².